The monoisotopic (exact) mass is 782 g/mol. The van der Waals surface area contributed by atoms with Crippen molar-refractivity contribution in [1.82, 2.24) is 0 Å². The van der Waals surface area contributed by atoms with Gasteiger partial charge in [0.1, 0.15) is 13.1 Å². The first kappa shape index (κ1) is 37.2. The molecule has 6 nitrogen and oxygen atoms in total. The minimum absolute atomic E-state index is 0. The Morgan fingerprint density at radius 1 is 0.632 bits per heavy atom. The molecule has 10 heteroatoms. The Morgan fingerprint density at radius 3 is 1.24 bits per heavy atom. The Kier molecular flexibility index (Phi) is 18.2. The number of rotatable bonds is 14. The molecule has 38 heavy (non-hydrogen) atoms. The fraction of sp³-hybridized carbons (Fsp3) is 0.500. The van der Waals surface area contributed by atoms with Gasteiger partial charge in [0, 0.05) is 20.1 Å². The van der Waals surface area contributed by atoms with E-state index in [0.717, 1.165) is 57.2 Å². The van der Waals surface area contributed by atoms with Crippen LogP contribution in [0, 0.1) is 0 Å². The summed E-state index contributed by atoms with van der Waals surface area (Å²) in [6, 6.07) is 16.4. The van der Waals surface area contributed by atoms with E-state index in [1.807, 2.05) is 36.4 Å². The largest absolute Gasteiger partial charge is 0.858 e. The van der Waals surface area contributed by atoms with Crippen molar-refractivity contribution < 1.29 is 19.2 Å². The van der Waals surface area contributed by atoms with Crippen molar-refractivity contribution in [3.05, 3.63) is 68.6 Å². The zero-order valence-corrected chi connectivity index (χ0v) is 29.5. The highest BCUT2D eigenvalue weighted by molar-refractivity contribution is 9.10. The molecule has 214 valence electrons. The molecule has 0 saturated carbocycles. The van der Waals surface area contributed by atoms with Crippen LogP contribution in [0.25, 0.3) is 0 Å². The summed E-state index contributed by atoms with van der Waals surface area (Å²) in [6.45, 7) is 16.0. The molecule has 0 saturated heterocycles. The van der Waals surface area contributed by atoms with Gasteiger partial charge in [0.05, 0.1) is 52.4 Å². The third kappa shape index (κ3) is 11.0. The lowest BCUT2D eigenvalue weighted by atomic mass is 10.1. The van der Waals surface area contributed by atoms with E-state index >= 15 is 0 Å². The van der Waals surface area contributed by atoms with E-state index in [4.69, 9.17) is 0 Å². The number of hydrogen-bond donors (Lipinski definition) is 0. The molecule has 0 bridgehead atoms. The number of likely N-dealkylation sites (N-methyl/N-ethyl adjacent to an activating group) is 2. The number of aliphatic imine (C=N–C) groups is 2. The van der Waals surface area contributed by atoms with Gasteiger partial charge in [-0.25, -0.2) is 0 Å². The second-order valence-corrected chi connectivity index (χ2v) is 11.0. The summed E-state index contributed by atoms with van der Waals surface area (Å²) in [7, 11) is 0. The smallest absolute Gasteiger partial charge is 0.106 e. The molecule has 0 aromatic heterocycles. The molecule has 0 unspecified atom stereocenters. The molecule has 2 aromatic carbocycles. The van der Waals surface area contributed by atoms with Crippen molar-refractivity contribution in [2.45, 2.75) is 40.8 Å². The maximum Gasteiger partial charge on any atom is 0.106 e. The van der Waals surface area contributed by atoms with Crippen molar-refractivity contribution in [2.24, 2.45) is 9.98 Å². The van der Waals surface area contributed by atoms with Gasteiger partial charge < -0.3 is 19.2 Å². The lowest BCUT2D eigenvalue weighted by molar-refractivity contribution is -0.936. The predicted octanol–water partition coefficient (Wildman–Crippen LogP) is 5.30. The first-order chi connectivity index (χ1) is 17.2. The minimum atomic E-state index is -0.738. The van der Waals surface area contributed by atoms with E-state index in [2.05, 4.69) is 81.7 Å². The van der Waals surface area contributed by atoms with E-state index in [9.17, 15) is 10.2 Å². The van der Waals surface area contributed by atoms with Crippen LogP contribution in [-0.4, -0.2) is 73.1 Å². The van der Waals surface area contributed by atoms with Crippen molar-refractivity contribution in [1.29, 1.82) is 0 Å². The van der Waals surface area contributed by atoms with Crippen LogP contribution in [-0.2, 0) is 13.1 Å². The predicted molar refractivity (Wildman–Crippen MR) is 173 cm³/mol. The number of quaternary nitrogens is 2. The SMILES string of the molecule is Br.Br.CC[N+](CC)(CCN=C([O-])C([O-])=NCC[N+](CC)(CC)Cc1ccccc1Br)Cc1ccccc1Br. The second kappa shape index (κ2) is 18.5. The van der Waals surface area contributed by atoms with Gasteiger partial charge >= 0.3 is 0 Å². The van der Waals surface area contributed by atoms with Crippen LogP contribution in [0.15, 0.2) is 67.5 Å². The number of nitrogens with zero attached hydrogens (tertiary/aromatic N) is 4. The topological polar surface area (TPSA) is 70.8 Å². The Hall–Kier alpha value is -0.780. The van der Waals surface area contributed by atoms with Crippen LogP contribution >= 0.6 is 65.8 Å². The highest BCUT2D eigenvalue weighted by Crippen LogP contribution is 2.23. The maximum atomic E-state index is 12.4. The van der Waals surface area contributed by atoms with Crippen LogP contribution in [0.4, 0.5) is 0 Å². The van der Waals surface area contributed by atoms with Crippen LogP contribution in [0.2, 0.25) is 0 Å². The van der Waals surface area contributed by atoms with Crippen LogP contribution in [0.3, 0.4) is 0 Å². The van der Waals surface area contributed by atoms with Crippen molar-refractivity contribution >= 4 is 77.6 Å². The zero-order chi connectivity index (χ0) is 26.6. The van der Waals surface area contributed by atoms with Crippen LogP contribution < -0.4 is 10.2 Å². The van der Waals surface area contributed by atoms with E-state index in [0.29, 0.717) is 26.2 Å². The molecule has 2 aromatic rings. The van der Waals surface area contributed by atoms with Gasteiger partial charge in [-0.15, -0.1) is 34.0 Å². The van der Waals surface area contributed by atoms with Crippen molar-refractivity contribution in [2.75, 3.05) is 52.4 Å². The van der Waals surface area contributed by atoms with Gasteiger partial charge in [-0.1, -0.05) is 68.3 Å². The molecule has 0 heterocycles. The van der Waals surface area contributed by atoms with Gasteiger partial charge in [0.15, 0.2) is 0 Å². The highest BCUT2D eigenvalue weighted by atomic mass is 79.9. The zero-order valence-electron chi connectivity index (χ0n) is 22.9. The van der Waals surface area contributed by atoms with Crippen LogP contribution in [0.5, 0.6) is 0 Å². The Bertz CT molecular complexity index is 944. The molecule has 0 atom stereocenters. The highest BCUT2D eigenvalue weighted by Gasteiger charge is 2.25. The summed E-state index contributed by atoms with van der Waals surface area (Å²) in [5.74, 6) is -1.48. The van der Waals surface area contributed by atoms with Gasteiger partial charge in [-0.2, -0.15) is 0 Å². The molecule has 0 aliphatic heterocycles. The van der Waals surface area contributed by atoms with E-state index in [-0.39, 0.29) is 34.0 Å². The first-order valence-corrected chi connectivity index (χ1v) is 14.4. The summed E-state index contributed by atoms with van der Waals surface area (Å²) in [6.07, 6.45) is 0. The van der Waals surface area contributed by atoms with Gasteiger partial charge in [-0.05, 0) is 51.6 Å². The fourth-order valence-electron chi connectivity index (χ4n) is 4.52. The molecule has 0 radical (unpaired) electrons. The molecule has 0 spiro atoms. The summed E-state index contributed by atoms with van der Waals surface area (Å²) in [4.78, 5) is 8.17. The lowest BCUT2D eigenvalue weighted by Crippen LogP contribution is -2.49. The molecule has 0 fully saturated rings. The van der Waals surface area contributed by atoms with Crippen molar-refractivity contribution in [3.8, 4) is 0 Å². The quantitative estimate of drug-likeness (QED) is 0.148. The normalized spacial score (nSPS) is 12.6. The molecule has 0 amide bonds. The average Bonchev–Trinajstić information content (AvgIpc) is 2.89. The van der Waals surface area contributed by atoms with Gasteiger partial charge in [0.25, 0.3) is 0 Å². The lowest BCUT2D eigenvalue weighted by Gasteiger charge is -2.37. The summed E-state index contributed by atoms with van der Waals surface area (Å²) < 4.78 is 3.77. The first-order valence-electron chi connectivity index (χ1n) is 12.8. The van der Waals surface area contributed by atoms with Crippen LogP contribution in [0.1, 0.15) is 38.8 Å². The molecular weight excluding hydrogens is 744 g/mol. The Labute approximate surface area is 266 Å². The Morgan fingerprint density at radius 2 is 0.947 bits per heavy atom. The number of benzene rings is 2. The summed E-state index contributed by atoms with van der Waals surface area (Å²) >= 11 is 7.28. The third-order valence-electron chi connectivity index (χ3n) is 7.45. The average molecular weight is 786 g/mol. The third-order valence-corrected chi connectivity index (χ3v) is 9.00. The molecule has 2 rings (SSSR count). The van der Waals surface area contributed by atoms with Crippen molar-refractivity contribution in [3.63, 3.8) is 0 Å². The van der Waals surface area contributed by atoms with E-state index in [1.165, 1.54) is 11.1 Å². The van der Waals surface area contributed by atoms with Gasteiger partial charge in [-0.3, -0.25) is 9.98 Å². The second-order valence-electron chi connectivity index (χ2n) is 9.27. The number of hydrogen-bond acceptors (Lipinski definition) is 4. The Balaban J connectivity index is 0.00000684. The van der Waals surface area contributed by atoms with E-state index < -0.39 is 11.8 Å². The maximum absolute atomic E-state index is 12.4. The number of halogens is 4. The molecule has 0 aliphatic carbocycles. The summed E-state index contributed by atoms with van der Waals surface area (Å²) in [5.41, 5.74) is 2.46. The molecular formula is C28H42Br4N4O2. The van der Waals surface area contributed by atoms with Gasteiger partial charge in [0.2, 0.25) is 0 Å². The molecule has 0 aliphatic rings. The minimum Gasteiger partial charge on any atom is -0.858 e. The van der Waals surface area contributed by atoms with E-state index in [1.54, 1.807) is 0 Å². The standard InChI is InChI=1S/C28H40Br2N4O2.2BrH/c1-5-33(6-2,21-23-13-9-11-15-25(23)29)19-17-31-27(35)28(36)32-18-20-34(7-3,8-4)22-24-14-10-12-16-26(24)30;;/h9-16H,5-8,17-22H2,1-4H3;2*1H. The molecule has 0 N–H and O–H groups in total. The fourth-order valence-corrected chi connectivity index (χ4v) is 5.34. The summed E-state index contributed by atoms with van der Waals surface area (Å²) in [5, 5.41) is 24.8.